The van der Waals surface area contributed by atoms with Crippen molar-refractivity contribution in [1.82, 2.24) is 9.62 Å². The second-order valence-electron chi connectivity index (χ2n) is 3.90. The van der Waals surface area contributed by atoms with E-state index >= 15 is 0 Å². The highest BCUT2D eigenvalue weighted by atomic mass is 32.2. The lowest BCUT2D eigenvalue weighted by atomic mass is 10.2. The number of rotatable bonds is 3. The molecule has 0 radical (unpaired) electrons. The monoisotopic (exact) mass is 238 g/mol. The molecule has 0 saturated carbocycles. The minimum absolute atomic E-state index is 0.963. The van der Waals surface area contributed by atoms with Crippen LogP contribution < -0.4 is 10.1 Å². The van der Waals surface area contributed by atoms with Gasteiger partial charge in [-0.15, -0.1) is 0 Å². The highest BCUT2D eigenvalue weighted by Crippen LogP contribution is 2.27. The molecule has 1 aliphatic heterocycles. The fourth-order valence-corrected chi connectivity index (χ4v) is 2.81. The Balaban J connectivity index is 2.01. The van der Waals surface area contributed by atoms with Crippen LogP contribution in [0.25, 0.3) is 0 Å². The van der Waals surface area contributed by atoms with Crippen LogP contribution in [-0.2, 0) is 0 Å². The molecule has 4 heteroatoms. The summed E-state index contributed by atoms with van der Waals surface area (Å²) < 4.78 is 7.66. The van der Waals surface area contributed by atoms with Gasteiger partial charge in [-0.2, -0.15) is 0 Å². The number of benzene rings is 1. The van der Waals surface area contributed by atoms with E-state index in [9.17, 15) is 0 Å². The standard InChI is InChI=1S/C12H18N2OS/c1-10-9-11(3-4-12(10)15-2)16-14-7-5-13-6-8-14/h3-4,9,13H,5-8H2,1-2H3. The maximum atomic E-state index is 5.26. The van der Waals surface area contributed by atoms with Crippen LogP contribution in [0, 0.1) is 6.92 Å². The molecule has 1 aromatic rings. The third-order valence-corrected chi connectivity index (χ3v) is 3.76. The van der Waals surface area contributed by atoms with Gasteiger partial charge in [0.05, 0.1) is 7.11 Å². The lowest BCUT2D eigenvalue weighted by Crippen LogP contribution is -2.39. The Hall–Kier alpha value is -0.710. The first-order chi connectivity index (χ1) is 7.79. The molecule has 1 fully saturated rings. The van der Waals surface area contributed by atoms with E-state index < -0.39 is 0 Å². The summed E-state index contributed by atoms with van der Waals surface area (Å²) in [7, 11) is 1.71. The molecule has 0 atom stereocenters. The minimum Gasteiger partial charge on any atom is -0.496 e. The minimum atomic E-state index is 0.963. The molecule has 16 heavy (non-hydrogen) atoms. The fraction of sp³-hybridized carbons (Fsp3) is 0.500. The Morgan fingerprint density at radius 3 is 2.69 bits per heavy atom. The molecule has 3 nitrogen and oxygen atoms in total. The zero-order chi connectivity index (χ0) is 11.4. The molecule has 1 saturated heterocycles. The van der Waals surface area contributed by atoms with Crippen molar-refractivity contribution in [2.45, 2.75) is 11.8 Å². The molecule has 0 bridgehead atoms. The molecule has 1 aliphatic rings. The molecule has 0 aromatic heterocycles. The summed E-state index contributed by atoms with van der Waals surface area (Å²) in [5.74, 6) is 0.963. The van der Waals surface area contributed by atoms with E-state index in [0.29, 0.717) is 0 Å². The predicted octanol–water partition coefficient (Wildman–Crippen LogP) is 1.92. The summed E-state index contributed by atoms with van der Waals surface area (Å²) in [6.07, 6.45) is 0. The van der Waals surface area contributed by atoms with E-state index in [1.807, 2.05) is 18.0 Å². The van der Waals surface area contributed by atoms with E-state index in [0.717, 1.165) is 31.9 Å². The number of methoxy groups -OCH3 is 1. The van der Waals surface area contributed by atoms with Crippen molar-refractivity contribution in [1.29, 1.82) is 0 Å². The molecule has 0 spiro atoms. The summed E-state index contributed by atoms with van der Waals surface area (Å²) in [4.78, 5) is 1.29. The maximum absolute atomic E-state index is 5.26. The van der Waals surface area contributed by atoms with E-state index in [-0.39, 0.29) is 0 Å². The summed E-state index contributed by atoms with van der Waals surface area (Å²) in [5.41, 5.74) is 1.20. The van der Waals surface area contributed by atoms with Crippen LogP contribution in [0.2, 0.25) is 0 Å². The van der Waals surface area contributed by atoms with Crippen LogP contribution in [0.3, 0.4) is 0 Å². The average Bonchev–Trinajstić information content (AvgIpc) is 2.31. The highest BCUT2D eigenvalue weighted by Gasteiger charge is 2.11. The van der Waals surface area contributed by atoms with Crippen molar-refractivity contribution in [3.05, 3.63) is 23.8 Å². The number of hydrogen-bond donors (Lipinski definition) is 1. The van der Waals surface area contributed by atoms with Gasteiger partial charge in [-0.25, -0.2) is 4.31 Å². The van der Waals surface area contributed by atoms with Crippen LogP contribution >= 0.6 is 11.9 Å². The zero-order valence-electron chi connectivity index (χ0n) is 9.82. The van der Waals surface area contributed by atoms with E-state index in [2.05, 4.69) is 28.7 Å². The van der Waals surface area contributed by atoms with Gasteiger partial charge in [-0.05, 0) is 42.6 Å². The Kier molecular flexibility index (Phi) is 4.09. The summed E-state index contributed by atoms with van der Waals surface area (Å²) in [5, 5.41) is 3.36. The smallest absolute Gasteiger partial charge is 0.121 e. The van der Waals surface area contributed by atoms with Crippen LogP contribution in [0.15, 0.2) is 23.1 Å². The van der Waals surface area contributed by atoms with Gasteiger partial charge < -0.3 is 10.1 Å². The van der Waals surface area contributed by atoms with Crippen molar-refractivity contribution in [2.24, 2.45) is 0 Å². The predicted molar refractivity (Wildman–Crippen MR) is 68.0 cm³/mol. The van der Waals surface area contributed by atoms with Gasteiger partial charge in [0.2, 0.25) is 0 Å². The summed E-state index contributed by atoms with van der Waals surface area (Å²) in [6.45, 7) is 6.47. The second kappa shape index (κ2) is 5.57. The summed E-state index contributed by atoms with van der Waals surface area (Å²) in [6, 6.07) is 6.35. The number of piperazine rings is 1. The van der Waals surface area contributed by atoms with Gasteiger partial charge in [0.25, 0.3) is 0 Å². The van der Waals surface area contributed by atoms with Crippen LogP contribution in [0.4, 0.5) is 0 Å². The molecular formula is C12H18N2OS. The first kappa shape index (κ1) is 11.8. The third kappa shape index (κ3) is 2.90. The lowest BCUT2D eigenvalue weighted by molar-refractivity contribution is 0.396. The van der Waals surface area contributed by atoms with Crippen molar-refractivity contribution in [3.63, 3.8) is 0 Å². The quantitative estimate of drug-likeness (QED) is 0.813. The van der Waals surface area contributed by atoms with E-state index in [4.69, 9.17) is 4.74 Å². The Morgan fingerprint density at radius 1 is 1.31 bits per heavy atom. The van der Waals surface area contributed by atoms with Gasteiger partial charge >= 0.3 is 0 Å². The third-order valence-electron chi connectivity index (χ3n) is 2.68. The largest absolute Gasteiger partial charge is 0.496 e. The summed E-state index contributed by atoms with van der Waals surface area (Å²) >= 11 is 1.84. The number of nitrogens with zero attached hydrogens (tertiary/aromatic N) is 1. The van der Waals surface area contributed by atoms with Crippen LogP contribution in [0.5, 0.6) is 5.75 Å². The van der Waals surface area contributed by atoms with Gasteiger partial charge in [-0.3, -0.25) is 0 Å². The molecule has 2 rings (SSSR count). The number of hydrogen-bond acceptors (Lipinski definition) is 4. The Morgan fingerprint density at radius 2 is 2.06 bits per heavy atom. The molecule has 1 aromatic carbocycles. The molecule has 88 valence electrons. The van der Waals surface area contributed by atoms with Crippen molar-refractivity contribution >= 4 is 11.9 Å². The molecule has 0 unspecified atom stereocenters. The average molecular weight is 238 g/mol. The van der Waals surface area contributed by atoms with Crippen molar-refractivity contribution in [2.75, 3.05) is 33.3 Å². The maximum Gasteiger partial charge on any atom is 0.121 e. The normalized spacial score (nSPS) is 17.4. The van der Waals surface area contributed by atoms with Gasteiger partial charge in [-0.1, -0.05) is 0 Å². The zero-order valence-corrected chi connectivity index (χ0v) is 10.6. The molecule has 0 aliphatic carbocycles. The topological polar surface area (TPSA) is 24.5 Å². The van der Waals surface area contributed by atoms with Gasteiger partial charge in [0, 0.05) is 31.1 Å². The Labute approximate surface area is 101 Å². The Bertz CT molecular complexity index is 351. The molecule has 1 heterocycles. The van der Waals surface area contributed by atoms with Crippen molar-refractivity contribution in [3.8, 4) is 5.75 Å². The lowest BCUT2D eigenvalue weighted by Gasteiger charge is -2.26. The van der Waals surface area contributed by atoms with Crippen molar-refractivity contribution < 1.29 is 4.74 Å². The van der Waals surface area contributed by atoms with E-state index in [1.54, 1.807) is 7.11 Å². The number of ether oxygens (including phenoxy) is 1. The molecular weight excluding hydrogens is 220 g/mol. The van der Waals surface area contributed by atoms with Crippen LogP contribution in [-0.4, -0.2) is 37.6 Å². The van der Waals surface area contributed by atoms with Gasteiger partial charge in [0.15, 0.2) is 0 Å². The van der Waals surface area contributed by atoms with E-state index in [1.165, 1.54) is 10.5 Å². The molecule has 1 N–H and O–H groups in total. The van der Waals surface area contributed by atoms with Gasteiger partial charge in [0.1, 0.15) is 5.75 Å². The fourth-order valence-electron chi connectivity index (χ4n) is 1.79. The SMILES string of the molecule is COc1ccc(SN2CCNCC2)cc1C. The van der Waals surface area contributed by atoms with Crippen LogP contribution in [0.1, 0.15) is 5.56 Å². The number of nitrogens with one attached hydrogen (secondary N) is 1. The first-order valence-corrected chi connectivity index (χ1v) is 6.35. The second-order valence-corrected chi connectivity index (χ2v) is 5.07. The first-order valence-electron chi connectivity index (χ1n) is 5.58. The molecule has 0 amide bonds. The number of aryl methyl sites for hydroxylation is 1. The highest BCUT2D eigenvalue weighted by molar-refractivity contribution is 7.97.